The van der Waals surface area contributed by atoms with Crippen molar-refractivity contribution in [1.29, 1.82) is 0 Å². The summed E-state index contributed by atoms with van der Waals surface area (Å²) in [6, 6.07) is 6.16. The molecule has 1 aromatic rings. The average Bonchev–Trinajstić information content (AvgIpc) is 3.16. The Morgan fingerprint density at radius 2 is 2.19 bits per heavy atom. The van der Waals surface area contributed by atoms with Crippen LogP contribution < -0.4 is 15.4 Å². The van der Waals surface area contributed by atoms with Crippen LogP contribution >= 0.6 is 24.0 Å². The number of halogens is 1. The molecule has 154 valence electrons. The molecule has 6 nitrogen and oxygen atoms in total. The lowest BCUT2D eigenvalue weighted by molar-refractivity contribution is 0.0168. The Balaban J connectivity index is 0.00000364. The van der Waals surface area contributed by atoms with Crippen LogP contribution in [0.1, 0.15) is 37.3 Å². The SMILES string of the molecule is CCNC(=NCc1ccc(OC)c(C)c1)NCCCOCC1CCCO1.I. The van der Waals surface area contributed by atoms with Crippen molar-refractivity contribution in [2.24, 2.45) is 4.99 Å². The van der Waals surface area contributed by atoms with Crippen molar-refractivity contribution in [3.8, 4) is 5.75 Å². The zero-order chi connectivity index (χ0) is 18.6. The molecule has 0 bridgehead atoms. The number of rotatable bonds is 10. The van der Waals surface area contributed by atoms with Gasteiger partial charge < -0.3 is 24.8 Å². The standard InChI is InChI=1S/C20H33N3O3.HI/c1-4-21-20(22-10-6-11-25-15-18-7-5-12-26-18)23-14-17-8-9-19(24-3)16(2)13-17;/h8-9,13,18H,4-7,10-12,14-15H2,1-3H3,(H2,21,22,23);1H. The second-order valence-electron chi connectivity index (χ2n) is 6.49. The van der Waals surface area contributed by atoms with Crippen LogP contribution in [-0.2, 0) is 16.0 Å². The molecule has 1 aromatic carbocycles. The van der Waals surface area contributed by atoms with E-state index in [-0.39, 0.29) is 24.0 Å². The Labute approximate surface area is 180 Å². The minimum atomic E-state index is 0. The normalized spacial score (nSPS) is 16.7. The topological polar surface area (TPSA) is 64.1 Å². The molecule has 0 radical (unpaired) electrons. The molecule has 1 unspecified atom stereocenters. The largest absolute Gasteiger partial charge is 0.496 e. The molecule has 7 heteroatoms. The second kappa shape index (κ2) is 14.0. The van der Waals surface area contributed by atoms with E-state index in [0.29, 0.717) is 19.3 Å². The molecule has 1 aliphatic heterocycles. The van der Waals surface area contributed by atoms with Gasteiger partial charge in [-0.05, 0) is 50.3 Å². The molecule has 1 saturated heterocycles. The summed E-state index contributed by atoms with van der Waals surface area (Å²) in [7, 11) is 1.69. The van der Waals surface area contributed by atoms with E-state index in [2.05, 4.69) is 34.7 Å². The van der Waals surface area contributed by atoms with E-state index in [0.717, 1.165) is 62.8 Å². The number of hydrogen-bond donors (Lipinski definition) is 2. The van der Waals surface area contributed by atoms with Crippen molar-refractivity contribution < 1.29 is 14.2 Å². The molecule has 1 aliphatic rings. The summed E-state index contributed by atoms with van der Waals surface area (Å²) in [6.45, 7) is 8.75. The first kappa shape index (κ1) is 24.0. The fraction of sp³-hybridized carbons (Fsp3) is 0.650. The number of aliphatic imine (C=N–C) groups is 1. The van der Waals surface area contributed by atoms with E-state index in [1.807, 2.05) is 13.0 Å². The van der Waals surface area contributed by atoms with Gasteiger partial charge in [0.05, 0.1) is 26.4 Å². The van der Waals surface area contributed by atoms with Crippen molar-refractivity contribution in [3.05, 3.63) is 29.3 Å². The lowest BCUT2D eigenvalue weighted by Gasteiger charge is -2.13. The van der Waals surface area contributed by atoms with Crippen LogP contribution in [0, 0.1) is 6.92 Å². The van der Waals surface area contributed by atoms with Gasteiger partial charge in [-0.1, -0.05) is 12.1 Å². The van der Waals surface area contributed by atoms with Gasteiger partial charge in [0, 0.05) is 26.3 Å². The molecule has 27 heavy (non-hydrogen) atoms. The predicted octanol–water partition coefficient (Wildman–Crippen LogP) is 3.26. The van der Waals surface area contributed by atoms with Gasteiger partial charge in [-0.3, -0.25) is 0 Å². The smallest absolute Gasteiger partial charge is 0.191 e. The quantitative estimate of drug-likeness (QED) is 0.228. The molecular weight excluding hydrogens is 457 g/mol. The summed E-state index contributed by atoms with van der Waals surface area (Å²) < 4.78 is 16.5. The number of aryl methyl sites for hydroxylation is 1. The third-order valence-corrected chi connectivity index (χ3v) is 4.31. The summed E-state index contributed by atoms with van der Waals surface area (Å²) in [5.74, 6) is 1.74. The second-order valence-corrected chi connectivity index (χ2v) is 6.49. The van der Waals surface area contributed by atoms with E-state index in [1.54, 1.807) is 7.11 Å². The summed E-state index contributed by atoms with van der Waals surface area (Å²) in [5.41, 5.74) is 2.29. The lowest BCUT2D eigenvalue weighted by Crippen LogP contribution is -2.38. The molecule has 2 rings (SSSR count). The minimum absolute atomic E-state index is 0. The van der Waals surface area contributed by atoms with Crippen molar-refractivity contribution in [3.63, 3.8) is 0 Å². The van der Waals surface area contributed by atoms with E-state index in [1.165, 1.54) is 5.56 Å². The molecule has 0 amide bonds. The van der Waals surface area contributed by atoms with Gasteiger partial charge in [0.2, 0.25) is 0 Å². The summed E-state index contributed by atoms with van der Waals surface area (Å²) in [4.78, 5) is 4.65. The maximum Gasteiger partial charge on any atom is 0.191 e. The number of hydrogen-bond acceptors (Lipinski definition) is 4. The molecule has 0 aromatic heterocycles. The van der Waals surface area contributed by atoms with Crippen LogP contribution in [0.25, 0.3) is 0 Å². The van der Waals surface area contributed by atoms with Crippen LogP contribution in [0.2, 0.25) is 0 Å². The highest BCUT2D eigenvalue weighted by atomic mass is 127. The van der Waals surface area contributed by atoms with Crippen LogP contribution in [0.15, 0.2) is 23.2 Å². The molecule has 0 spiro atoms. The van der Waals surface area contributed by atoms with Crippen molar-refractivity contribution >= 4 is 29.9 Å². The van der Waals surface area contributed by atoms with E-state index >= 15 is 0 Å². The minimum Gasteiger partial charge on any atom is -0.496 e. The monoisotopic (exact) mass is 491 g/mol. The molecular formula is C20H34IN3O3. The molecule has 2 N–H and O–H groups in total. The van der Waals surface area contributed by atoms with Gasteiger partial charge in [-0.2, -0.15) is 0 Å². The Hall–Kier alpha value is -1.06. The van der Waals surface area contributed by atoms with Crippen LogP contribution in [0.3, 0.4) is 0 Å². The number of benzene rings is 1. The van der Waals surface area contributed by atoms with Gasteiger partial charge in [0.1, 0.15) is 5.75 Å². The van der Waals surface area contributed by atoms with Crippen LogP contribution in [-0.4, -0.2) is 52.1 Å². The van der Waals surface area contributed by atoms with Crippen LogP contribution in [0.4, 0.5) is 0 Å². The van der Waals surface area contributed by atoms with E-state index in [9.17, 15) is 0 Å². The third-order valence-electron chi connectivity index (χ3n) is 4.31. The number of ether oxygens (including phenoxy) is 3. The van der Waals surface area contributed by atoms with Crippen molar-refractivity contribution in [1.82, 2.24) is 10.6 Å². The molecule has 0 saturated carbocycles. The number of guanidine groups is 1. The maximum absolute atomic E-state index is 5.69. The molecule has 1 fully saturated rings. The Morgan fingerprint density at radius 1 is 1.33 bits per heavy atom. The van der Waals surface area contributed by atoms with Gasteiger partial charge in [-0.15, -0.1) is 24.0 Å². The first-order chi connectivity index (χ1) is 12.7. The fourth-order valence-electron chi connectivity index (χ4n) is 2.92. The summed E-state index contributed by atoms with van der Waals surface area (Å²) in [5, 5.41) is 6.64. The van der Waals surface area contributed by atoms with Crippen molar-refractivity contribution in [2.75, 3.05) is 40.0 Å². The van der Waals surface area contributed by atoms with Gasteiger partial charge >= 0.3 is 0 Å². The zero-order valence-electron chi connectivity index (χ0n) is 16.8. The van der Waals surface area contributed by atoms with Gasteiger partial charge in [0.25, 0.3) is 0 Å². The van der Waals surface area contributed by atoms with E-state index in [4.69, 9.17) is 14.2 Å². The number of methoxy groups -OCH3 is 1. The number of nitrogens with one attached hydrogen (secondary N) is 2. The van der Waals surface area contributed by atoms with Crippen molar-refractivity contribution in [2.45, 2.75) is 45.8 Å². The molecule has 0 aliphatic carbocycles. The average molecular weight is 491 g/mol. The lowest BCUT2D eigenvalue weighted by atomic mass is 10.1. The Bertz CT molecular complexity index is 563. The van der Waals surface area contributed by atoms with Gasteiger partial charge in [-0.25, -0.2) is 4.99 Å². The maximum atomic E-state index is 5.69. The highest BCUT2D eigenvalue weighted by molar-refractivity contribution is 14.0. The van der Waals surface area contributed by atoms with E-state index < -0.39 is 0 Å². The Kier molecular flexibility index (Phi) is 12.4. The Morgan fingerprint density at radius 3 is 2.85 bits per heavy atom. The highest BCUT2D eigenvalue weighted by Crippen LogP contribution is 2.18. The molecule has 1 atom stereocenters. The number of nitrogens with zero attached hydrogens (tertiary/aromatic N) is 1. The summed E-state index contributed by atoms with van der Waals surface area (Å²) >= 11 is 0. The first-order valence-corrected chi connectivity index (χ1v) is 9.58. The van der Waals surface area contributed by atoms with Crippen LogP contribution in [0.5, 0.6) is 5.75 Å². The fourth-order valence-corrected chi connectivity index (χ4v) is 2.92. The molecule has 1 heterocycles. The first-order valence-electron chi connectivity index (χ1n) is 9.58. The van der Waals surface area contributed by atoms with Gasteiger partial charge in [0.15, 0.2) is 5.96 Å². The third kappa shape index (κ3) is 9.12. The zero-order valence-corrected chi connectivity index (χ0v) is 19.1. The summed E-state index contributed by atoms with van der Waals surface area (Å²) in [6.07, 6.45) is 3.53. The predicted molar refractivity (Wildman–Crippen MR) is 120 cm³/mol. The highest BCUT2D eigenvalue weighted by Gasteiger charge is 2.14.